The molecule has 1 saturated carbocycles. The molecule has 1 aliphatic carbocycles. The maximum atomic E-state index is 11.8. The molecule has 2 N–H and O–H groups in total. The molecule has 1 saturated heterocycles. The van der Waals surface area contributed by atoms with Crippen LogP contribution < -0.4 is 10.6 Å². The van der Waals surface area contributed by atoms with Gasteiger partial charge < -0.3 is 10.6 Å². The highest BCUT2D eigenvalue weighted by atomic mass is 16.2. The number of carbonyl (C=O) groups is 1. The lowest BCUT2D eigenvalue weighted by molar-refractivity contribution is -0.124. The van der Waals surface area contributed by atoms with Crippen molar-refractivity contribution in [3.8, 4) is 0 Å². The molecule has 0 aromatic rings. The molecule has 14 heavy (non-hydrogen) atoms. The minimum atomic E-state index is 0.0766. The van der Waals surface area contributed by atoms with E-state index >= 15 is 0 Å². The fraction of sp³-hybridized carbons (Fsp3) is 0.909. The summed E-state index contributed by atoms with van der Waals surface area (Å²) in [5, 5.41) is 6.47. The summed E-state index contributed by atoms with van der Waals surface area (Å²) in [7, 11) is 0. The van der Waals surface area contributed by atoms with E-state index < -0.39 is 0 Å². The third-order valence-corrected chi connectivity index (χ3v) is 3.55. The van der Waals surface area contributed by atoms with Crippen molar-refractivity contribution in [3.05, 3.63) is 0 Å². The molecule has 1 atom stereocenters. The SMILES string of the molecule is CCC1(NC(=O)[C@H]2CCCCN2)CC1. The molecular formula is C11H20N2O. The van der Waals surface area contributed by atoms with E-state index in [4.69, 9.17) is 0 Å². The summed E-state index contributed by atoms with van der Waals surface area (Å²) < 4.78 is 0. The maximum Gasteiger partial charge on any atom is 0.237 e. The molecule has 2 fully saturated rings. The van der Waals surface area contributed by atoms with E-state index in [1.807, 2.05) is 0 Å². The first-order chi connectivity index (χ1) is 6.76. The first kappa shape index (κ1) is 9.97. The Morgan fingerprint density at radius 1 is 1.50 bits per heavy atom. The fourth-order valence-corrected chi connectivity index (χ4v) is 2.14. The summed E-state index contributed by atoms with van der Waals surface area (Å²) >= 11 is 0. The first-order valence-corrected chi connectivity index (χ1v) is 5.81. The van der Waals surface area contributed by atoms with Gasteiger partial charge in [0.2, 0.25) is 5.91 Å². The number of hydrogen-bond acceptors (Lipinski definition) is 2. The zero-order valence-corrected chi connectivity index (χ0v) is 8.94. The van der Waals surface area contributed by atoms with E-state index in [9.17, 15) is 4.79 Å². The van der Waals surface area contributed by atoms with Crippen LogP contribution in [0.4, 0.5) is 0 Å². The van der Waals surface area contributed by atoms with Crippen LogP contribution in [-0.2, 0) is 4.79 Å². The van der Waals surface area contributed by atoms with Crippen LogP contribution in [0, 0.1) is 0 Å². The molecule has 3 nitrogen and oxygen atoms in total. The Labute approximate surface area is 85.6 Å². The molecule has 0 aromatic carbocycles. The van der Waals surface area contributed by atoms with Gasteiger partial charge in [-0.15, -0.1) is 0 Å². The monoisotopic (exact) mass is 196 g/mol. The van der Waals surface area contributed by atoms with Crippen molar-refractivity contribution in [1.82, 2.24) is 10.6 Å². The van der Waals surface area contributed by atoms with Gasteiger partial charge in [-0.25, -0.2) is 0 Å². The zero-order valence-electron chi connectivity index (χ0n) is 8.94. The standard InChI is InChI=1S/C11H20N2O/c1-2-11(6-7-11)13-10(14)9-5-3-4-8-12-9/h9,12H,2-8H2,1H3,(H,13,14)/t9-/m1/s1. The van der Waals surface area contributed by atoms with Crippen LogP contribution in [0.5, 0.6) is 0 Å². The van der Waals surface area contributed by atoms with Gasteiger partial charge >= 0.3 is 0 Å². The predicted octanol–water partition coefficient (Wildman–Crippen LogP) is 1.19. The van der Waals surface area contributed by atoms with E-state index in [1.165, 1.54) is 25.7 Å². The Morgan fingerprint density at radius 2 is 2.29 bits per heavy atom. The Morgan fingerprint density at radius 3 is 2.79 bits per heavy atom. The van der Waals surface area contributed by atoms with Crippen molar-refractivity contribution in [2.24, 2.45) is 0 Å². The number of nitrogens with one attached hydrogen (secondary N) is 2. The second-order valence-corrected chi connectivity index (χ2v) is 4.63. The summed E-state index contributed by atoms with van der Waals surface area (Å²) in [4.78, 5) is 11.8. The van der Waals surface area contributed by atoms with E-state index in [0.29, 0.717) is 0 Å². The number of amides is 1. The van der Waals surface area contributed by atoms with E-state index in [1.54, 1.807) is 0 Å². The van der Waals surface area contributed by atoms with Crippen molar-refractivity contribution < 1.29 is 4.79 Å². The van der Waals surface area contributed by atoms with E-state index in [-0.39, 0.29) is 17.5 Å². The summed E-state index contributed by atoms with van der Waals surface area (Å²) in [6.45, 7) is 3.15. The largest absolute Gasteiger partial charge is 0.349 e. The smallest absolute Gasteiger partial charge is 0.237 e. The van der Waals surface area contributed by atoms with Crippen LogP contribution in [0.25, 0.3) is 0 Å². The lowest BCUT2D eigenvalue weighted by atomic mass is 10.0. The Balaban J connectivity index is 1.82. The van der Waals surface area contributed by atoms with Crippen molar-refractivity contribution in [2.45, 2.75) is 57.0 Å². The Bertz CT molecular complexity index is 217. The topological polar surface area (TPSA) is 41.1 Å². The first-order valence-electron chi connectivity index (χ1n) is 5.81. The molecule has 1 heterocycles. The van der Waals surface area contributed by atoms with Crippen molar-refractivity contribution >= 4 is 5.91 Å². The summed E-state index contributed by atoms with van der Waals surface area (Å²) in [6.07, 6.45) is 6.81. The third kappa shape index (κ3) is 2.08. The molecule has 0 bridgehead atoms. The minimum absolute atomic E-state index is 0.0766. The van der Waals surface area contributed by atoms with Gasteiger partial charge in [0.05, 0.1) is 6.04 Å². The summed E-state index contributed by atoms with van der Waals surface area (Å²) in [5.74, 6) is 0.226. The summed E-state index contributed by atoms with van der Waals surface area (Å²) in [5.41, 5.74) is 0.177. The molecule has 1 aliphatic heterocycles. The minimum Gasteiger partial charge on any atom is -0.349 e. The average Bonchev–Trinajstić information content (AvgIpc) is 3.00. The zero-order chi connectivity index (χ0) is 10.0. The highest BCUT2D eigenvalue weighted by Crippen LogP contribution is 2.38. The third-order valence-electron chi connectivity index (χ3n) is 3.55. The highest BCUT2D eigenvalue weighted by molar-refractivity contribution is 5.82. The van der Waals surface area contributed by atoms with Crippen LogP contribution >= 0.6 is 0 Å². The molecule has 2 aliphatic rings. The number of piperidine rings is 1. The van der Waals surface area contributed by atoms with Gasteiger partial charge in [-0.05, 0) is 38.6 Å². The van der Waals surface area contributed by atoms with E-state index in [2.05, 4.69) is 17.6 Å². The van der Waals surface area contributed by atoms with Gasteiger partial charge in [-0.2, -0.15) is 0 Å². The average molecular weight is 196 g/mol. The lowest BCUT2D eigenvalue weighted by Crippen LogP contribution is -2.50. The molecule has 2 rings (SSSR count). The maximum absolute atomic E-state index is 11.8. The van der Waals surface area contributed by atoms with E-state index in [0.717, 1.165) is 19.4 Å². The molecule has 1 amide bonds. The number of carbonyl (C=O) groups excluding carboxylic acids is 1. The molecule has 80 valence electrons. The van der Waals surface area contributed by atoms with Crippen molar-refractivity contribution in [1.29, 1.82) is 0 Å². The Kier molecular flexibility index (Phi) is 2.77. The number of hydrogen-bond donors (Lipinski definition) is 2. The van der Waals surface area contributed by atoms with Crippen LogP contribution in [0.2, 0.25) is 0 Å². The van der Waals surface area contributed by atoms with Crippen LogP contribution in [-0.4, -0.2) is 24.0 Å². The molecule has 0 radical (unpaired) electrons. The lowest BCUT2D eigenvalue weighted by Gasteiger charge is -2.25. The molecule has 3 heteroatoms. The highest BCUT2D eigenvalue weighted by Gasteiger charge is 2.43. The second-order valence-electron chi connectivity index (χ2n) is 4.63. The van der Waals surface area contributed by atoms with Gasteiger partial charge in [0.15, 0.2) is 0 Å². The fourth-order valence-electron chi connectivity index (χ4n) is 2.14. The predicted molar refractivity (Wildman–Crippen MR) is 56.0 cm³/mol. The van der Waals surface area contributed by atoms with Crippen molar-refractivity contribution in [2.75, 3.05) is 6.54 Å². The number of rotatable bonds is 3. The quantitative estimate of drug-likeness (QED) is 0.712. The molecule has 0 aromatic heterocycles. The molecule has 0 spiro atoms. The van der Waals surface area contributed by atoms with Gasteiger partial charge in [-0.3, -0.25) is 4.79 Å². The van der Waals surface area contributed by atoms with Crippen molar-refractivity contribution in [3.63, 3.8) is 0 Å². The van der Waals surface area contributed by atoms with Gasteiger partial charge in [-0.1, -0.05) is 13.3 Å². The van der Waals surface area contributed by atoms with Gasteiger partial charge in [0.1, 0.15) is 0 Å². The van der Waals surface area contributed by atoms with Crippen LogP contribution in [0.3, 0.4) is 0 Å². The molecular weight excluding hydrogens is 176 g/mol. The normalized spacial score (nSPS) is 29.6. The summed E-state index contributed by atoms with van der Waals surface area (Å²) in [6, 6.07) is 0.0766. The van der Waals surface area contributed by atoms with Gasteiger partial charge in [0.25, 0.3) is 0 Å². The van der Waals surface area contributed by atoms with Crippen LogP contribution in [0.1, 0.15) is 45.4 Å². The molecule has 0 unspecified atom stereocenters. The second kappa shape index (κ2) is 3.89. The Hall–Kier alpha value is -0.570. The van der Waals surface area contributed by atoms with Gasteiger partial charge in [0, 0.05) is 5.54 Å². The van der Waals surface area contributed by atoms with Crippen LogP contribution in [0.15, 0.2) is 0 Å².